The predicted octanol–water partition coefficient (Wildman–Crippen LogP) is 5.62. The standard InChI is InChI=1S/C35H37F3N6O6S2/c1-20(2)44(52(48,49)23-13-11-22(39)12-14-23)26(19-45)27-15-16-28(51-27)31(35(36,37)38)43-33(46)30(42-34(47)50-3)29(21-8-5-4-6-9-21)25-18-41-32-24(25)10-7-17-40-32/h4-18,20,26,29-31,45H,19,39H2,1-3H3,(H,40,41)(H,42,47)(H,43,46)/t26-,29+,30?,31-/m1/s1. The van der Waals surface area contributed by atoms with Gasteiger partial charge in [-0.05, 0) is 73.5 Å². The molecule has 6 N–H and O–H groups in total. The maximum atomic E-state index is 14.9. The highest BCUT2D eigenvalue weighted by atomic mass is 32.2. The number of benzene rings is 2. The number of nitrogen functional groups attached to an aromatic ring is 1. The molecule has 276 valence electrons. The van der Waals surface area contributed by atoms with Gasteiger partial charge in [-0.25, -0.2) is 18.2 Å². The number of halogens is 3. The van der Waals surface area contributed by atoms with Crippen LogP contribution in [0.5, 0.6) is 0 Å². The van der Waals surface area contributed by atoms with Gasteiger partial charge >= 0.3 is 12.3 Å². The Kier molecular flexibility index (Phi) is 11.6. The molecule has 12 nitrogen and oxygen atoms in total. The molecule has 3 aromatic heterocycles. The van der Waals surface area contributed by atoms with Crippen LogP contribution in [-0.4, -0.2) is 71.8 Å². The predicted molar refractivity (Wildman–Crippen MR) is 190 cm³/mol. The smallest absolute Gasteiger partial charge is 0.413 e. The molecule has 2 aromatic carbocycles. The molecule has 0 fully saturated rings. The van der Waals surface area contributed by atoms with Gasteiger partial charge in [0.1, 0.15) is 11.7 Å². The van der Waals surface area contributed by atoms with E-state index in [0.29, 0.717) is 39.2 Å². The number of rotatable bonds is 13. The molecule has 0 spiro atoms. The number of pyridine rings is 1. The number of fused-ring (bicyclic) bond motifs is 1. The van der Waals surface area contributed by atoms with Crippen LogP contribution in [0.4, 0.5) is 23.7 Å². The molecule has 0 aliphatic carbocycles. The number of sulfonamides is 1. The highest BCUT2D eigenvalue weighted by molar-refractivity contribution is 7.89. The normalized spacial score (nSPS) is 14.6. The van der Waals surface area contributed by atoms with E-state index >= 15 is 0 Å². The Morgan fingerprint density at radius 2 is 1.67 bits per heavy atom. The van der Waals surface area contributed by atoms with Gasteiger partial charge in [-0.2, -0.15) is 17.5 Å². The minimum Gasteiger partial charge on any atom is -0.453 e. The third-order valence-corrected chi connectivity index (χ3v) is 11.7. The second-order valence-corrected chi connectivity index (χ2v) is 15.1. The Morgan fingerprint density at radius 1 is 1.00 bits per heavy atom. The summed E-state index contributed by atoms with van der Waals surface area (Å²) in [6.45, 7) is 2.40. The van der Waals surface area contributed by atoms with Crippen LogP contribution in [0.3, 0.4) is 0 Å². The second kappa shape index (κ2) is 15.7. The summed E-state index contributed by atoms with van der Waals surface area (Å²) in [6, 6.07) is 13.5. The second-order valence-electron chi connectivity index (χ2n) is 12.1. The molecule has 0 radical (unpaired) electrons. The van der Waals surface area contributed by atoms with Crippen LogP contribution in [0, 0.1) is 0 Å². The number of H-pyrrole nitrogens is 1. The zero-order valence-corrected chi connectivity index (χ0v) is 29.8. The van der Waals surface area contributed by atoms with E-state index in [1.165, 1.54) is 30.3 Å². The topological polar surface area (TPSA) is 180 Å². The molecule has 5 rings (SSSR count). The van der Waals surface area contributed by atoms with Crippen molar-refractivity contribution in [2.75, 3.05) is 19.5 Å². The molecule has 0 saturated heterocycles. The Balaban J connectivity index is 1.54. The van der Waals surface area contributed by atoms with Gasteiger partial charge in [0.25, 0.3) is 0 Å². The molecule has 0 aliphatic heterocycles. The molecule has 2 amide bonds. The number of anilines is 1. The van der Waals surface area contributed by atoms with Gasteiger partial charge < -0.3 is 31.2 Å². The third-order valence-electron chi connectivity index (χ3n) is 8.37. The third kappa shape index (κ3) is 8.07. The maximum Gasteiger partial charge on any atom is 0.413 e. The lowest BCUT2D eigenvalue weighted by atomic mass is 9.84. The largest absolute Gasteiger partial charge is 0.453 e. The van der Waals surface area contributed by atoms with Gasteiger partial charge in [-0.3, -0.25) is 4.79 Å². The van der Waals surface area contributed by atoms with Crippen molar-refractivity contribution < 1.29 is 41.0 Å². The van der Waals surface area contributed by atoms with E-state index in [9.17, 15) is 36.3 Å². The number of nitrogens with one attached hydrogen (secondary N) is 3. The minimum atomic E-state index is -5.04. The summed E-state index contributed by atoms with van der Waals surface area (Å²) in [4.78, 5) is 33.7. The van der Waals surface area contributed by atoms with Gasteiger partial charge in [-0.15, -0.1) is 11.3 Å². The van der Waals surface area contributed by atoms with Gasteiger partial charge in [0.05, 0.1) is 24.7 Å². The number of carbonyl (C=O) groups excluding carboxylic acids is 2. The van der Waals surface area contributed by atoms with Crippen molar-refractivity contribution in [1.82, 2.24) is 24.9 Å². The molecule has 0 saturated carbocycles. The number of aromatic nitrogens is 2. The number of hydrogen-bond donors (Lipinski definition) is 5. The number of methoxy groups -OCH3 is 1. The fourth-order valence-electron chi connectivity index (χ4n) is 6.04. The SMILES string of the molecule is COC(=O)NC(C(=O)N[C@H](c1ccc([C@@H](CO)N(C(C)C)S(=O)(=O)c2ccc(N)cc2)s1)C(F)(F)F)[C@@H](c1ccccc1)c1c[nH]c2ncccc12. The number of ether oxygens (including phenoxy) is 1. The van der Waals surface area contributed by atoms with Crippen LogP contribution in [0.1, 0.15) is 52.7 Å². The molecule has 17 heteroatoms. The van der Waals surface area contributed by atoms with Gasteiger partial charge in [0.15, 0.2) is 6.04 Å². The van der Waals surface area contributed by atoms with Crippen molar-refractivity contribution in [2.45, 2.75) is 55.0 Å². The van der Waals surface area contributed by atoms with Crippen LogP contribution in [0.2, 0.25) is 0 Å². The van der Waals surface area contributed by atoms with Gasteiger partial charge in [0, 0.05) is 45.2 Å². The number of aliphatic hydroxyl groups is 1. The summed E-state index contributed by atoms with van der Waals surface area (Å²) >= 11 is 0.590. The molecule has 5 aromatic rings. The monoisotopic (exact) mass is 758 g/mol. The highest BCUT2D eigenvalue weighted by Crippen LogP contribution is 2.41. The van der Waals surface area contributed by atoms with Crippen molar-refractivity contribution in [3.05, 3.63) is 112 Å². The van der Waals surface area contributed by atoms with Crippen molar-refractivity contribution in [3.63, 3.8) is 0 Å². The van der Waals surface area contributed by atoms with Crippen LogP contribution in [-0.2, 0) is 19.6 Å². The minimum absolute atomic E-state index is 0.103. The summed E-state index contributed by atoms with van der Waals surface area (Å²) in [5, 5.41) is 15.6. The number of alkyl carbamates (subject to hydrolysis) is 1. The average Bonchev–Trinajstić information content (AvgIpc) is 3.77. The fraction of sp³-hybridized carbons (Fsp3) is 0.286. The zero-order valence-electron chi connectivity index (χ0n) is 28.2. The Morgan fingerprint density at radius 3 is 2.29 bits per heavy atom. The van der Waals surface area contributed by atoms with Gasteiger partial charge in [-0.1, -0.05) is 30.3 Å². The first-order valence-electron chi connectivity index (χ1n) is 16.0. The van der Waals surface area contributed by atoms with Crippen LogP contribution in [0.15, 0.2) is 96.2 Å². The fourth-order valence-corrected chi connectivity index (χ4v) is 9.08. The lowest BCUT2D eigenvalue weighted by molar-refractivity contribution is -0.163. The quantitative estimate of drug-likeness (QED) is 0.0961. The summed E-state index contributed by atoms with van der Waals surface area (Å²) in [5.41, 5.74) is 7.50. The Bertz CT molecular complexity index is 2110. The number of aromatic amines is 1. The highest BCUT2D eigenvalue weighted by Gasteiger charge is 2.46. The lowest BCUT2D eigenvalue weighted by Gasteiger charge is -2.32. The summed E-state index contributed by atoms with van der Waals surface area (Å²) < 4.78 is 77.9. The van der Waals surface area contributed by atoms with Crippen LogP contribution >= 0.6 is 11.3 Å². The number of carbonyl (C=O) groups is 2. The van der Waals surface area contributed by atoms with E-state index in [0.717, 1.165) is 17.5 Å². The first kappa shape index (κ1) is 38.3. The molecule has 52 heavy (non-hydrogen) atoms. The van der Waals surface area contributed by atoms with E-state index < -0.39 is 64.9 Å². The Labute approximate surface area is 301 Å². The summed E-state index contributed by atoms with van der Waals surface area (Å²) in [5.74, 6) is -2.19. The van der Waals surface area contributed by atoms with Crippen molar-refractivity contribution in [3.8, 4) is 0 Å². The molecular weight excluding hydrogens is 722 g/mol. The Hall–Kier alpha value is -4.97. The number of alkyl halides is 3. The zero-order chi connectivity index (χ0) is 37.8. The molecule has 1 unspecified atom stereocenters. The number of nitrogens with two attached hydrogens (primary N) is 1. The molecule has 0 bridgehead atoms. The van der Waals surface area contributed by atoms with E-state index in [2.05, 4.69) is 20.6 Å². The van der Waals surface area contributed by atoms with Gasteiger partial charge in [0.2, 0.25) is 15.9 Å². The maximum absolute atomic E-state index is 14.9. The first-order valence-corrected chi connectivity index (χ1v) is 18.2. The number of nitrogens with zero attached hydrogens (tertiary/aromatic N) is 2. The van der Waals surface area contributed by atoms with E-state index in [1.54, 1.807) is 68.7 Å². The number of aliphatic hydroxyl groups excluding tert-OH is 1. The average molecular weight is 759 g/mol. The first-order chi connectivity index (χ1) is 24.7. The number of amides is 2. The number of hydrogen-bond acceptors (Lipinski definition) is 9. The van der Waals surface area contributed by atoms with Crippen molar-refractivity contribution in [1.29, 1.82) is 0 Å². The van der Waals surface area contributed by atoms with E-state index in [4.69, 9.17) is 10.5 Å². The number of thiophene rings is 1. The van der Waals surface area contributed by atoms with Crippen LogP contribution < -0.4 is 16.4 Å². The molecular formula is C35H37F3N6O6S2. The van der Waals surface area contributed by atoms with E-state index in [-0.39, 0.29) is 14.6 Å². The molecule has 3 heterocycles. The van der Waals surface area contributed by atoms with Crippen LogP contribution in [0.25, 0.3) is 11.0 Å². The summed E-state index contributed by atoms with van der Waals surface area (Å²) in [6.07, 6.45) is -2.96. The van der Waals surface area contributed by atoms with Crippen molar-refractivity contribution >= 4 is 50.1 Å². The van der Waals surface area contributed by atoms with E-state index in [1.807, 2.05) is 0 Å². The molecule has 0 aliphatic rings. The molecule has 4 atom stereocenters. The lowest BCUT2D eigenvalue weighted by Crippen LogP contribution is -2.52. The van der Waals surface area contributed by atoms with Crippen molar-refractivity contribution in [2.24, 2.45) is 0 Å². The summed E-state index contributed by atoms with van der Waals surface area (Å²) in [7, 11) is -3.20.